The van der Waals surface area contributed by atoms with E-state index in [1.54, 1.807) is 20.3 Å². The van der Waals surface area contributed by atoms with Crippen LogP contribution < -0.4 is 9.47 Å². The minimum Gasteiger partial charge on any atom is -0.497 e. The van der Waals surface area contributed by atoms with Gasteiger partial charge >= 0.3 is 0 Å². The third-order valence-electron chi connectivity index (χ3n) is 5.25. The molecule has 0 fully saturated rings. The Kier molecular flexibility index (Phi) is 3.64. The number of fused-ring (bicyclic) bond motifs is 3. The van der Waals surface area contributed by atoms with Gasteiger partial charge in [0.15, 0.2) is 5.78 Å². The molecular formula is C21H20O3. The first-order valence-corrected chi connectivity index (χ1v) is 8.26. The Morgan fingerprint density at radius 3 is 2.54 bits per heavy atom. The van der Waals surface area contributed by atoms with Crippen LogP contribution in [-0.2, 0) is 0 Å². The number of benzene rings is 2. The summed E-state index contributed by atoms with van der Waals surface area (Å²) < 4.78 is 10.9. The van der Waals surface area contributed by atoms with Gasteiger partial charge in [-0.05, 0) is 29.5 Å². The van der Waals surface area contributed by atoms with Crippen LogP contribution in [0.25, 0.3) is 0 Å². The number of Topliss-reactive ketones (excluding diaryl/α,β-unsaturated/α-hetero) is 1. The predicted octanol–water partition coefficient (Wildman–Crippen LogP) is 4.34. The van der Waals surface area contributed by atoms with E-state index in [2.05, 4.69) is 24.3 Å². The van der Waals surface area contributed by atoms with Crippen LogP contribution in [0.1, 0.15) is 39.7 Å². The molecule has 0 radical (unpaired) electrons. The lowest BCUT2D eigenvalue weighted by Gasteiger charge is -2.29. The second kappa shape index (κ2) is 5.82. The lowest BCUT2D eigenvalue weighted by molar-refractivity contribution is 0.0906. The molecule has 3 heteroatoms. The summed E-state index contributed by atoms with van der Waals surface area (Å²) in [6.07, 6.45) is 5.26. The fourth-order valence-electron chi connectivity index (χ4n) is 4.16. The number of ether oxygens (including phenoxy) is 2. The number of carbonyl (C=O) groups excluding carboxylic acids is 1. The second-order valence-corrected chi connectivity index (χ2v) is 6.39. The van der Waals surface area contributed by atoms with Gasteiger partial charge in [-0.2, -0.15) is 0 Å². The van der Waals surface area contributed by atoms with Gasteiger partial charge in [0.1, 0.15) is 11.5 Å². The summed E-state index contributed by atoms with van der Waals surface area (Å²) in [7, 11) is 3.25. The molecule has 0 amide bonds. The van der Waals surface area contributed by atoms with Crippen LogP contribution in [0.3, 0.4) is 0 Å². The highest BCUT2D eigenvalue weighted by molar-refractivity contribution is 6.06. The molecule has 2 aromatic rings. The molecular weight excluding hydrogens is 300 g/mol. The molecule has 2 aliphatic rings. The molecule has 122 valence electrons. The first-order valence-electron chi connectivity index (χ1n) is 8.26. The van der Waals surface area contributed by atoms with E-state index in [4.69, 9.17) is 9.47 Å². The molecule has 2 aliphatic carbocycles. The van der Waals surface area contributed by atoms with E-state index >= 15 is 0 Å². The van der Waals surface area contributed by atoms with Gasteiger partial charge in [-0.1, -0.05) is 42.5 Å². The Morgan fingerprint density at radius 2 is 1.83 bits per heavy atom. The Bertz CT molecular complexity index is 807. The molecule has 3 nitrogen and oxygen atoms in total. The minimum absolute atomic E-state index is 0.0617. The molecule has 0 aliphatic heterocycles. The van der Waals surface area contributed by atoms with E-state index < -0.39 is 0 Å². The van der Waals surface area contributed by atoms with Crippen LogP contribution in [0.4, 0.5) is 0 Å². The summed E-state index contributed by atoms with van der Waals surface area (Å²) in [5, 5.41) is 0. The van der Waals surface area contributed by atoms with Crippen LogP contribution >= 0.6 is 0 Å². The third kappa shape index (κ3) is 2.15. The molecule has 24 heavy (non-hydrogen) atoms. The molecule has 0 N–H and O–H groups in total. The first-order chi connectivity index (χ1) is 11.7. The smallest absolute Gasteiger partial charge is 0.171 e. The van der Waals surface area contributed by atoms with Crippen molar-refractivity contribution in [3.8, 4) is 11.5 Å². The highest BCUT2D eigenvalue weighted by Crippen LogP contribution is 2.53. The number of carbonyl (C=O) groups is 1. The third-order valence-corrected chi connectivity index (χ3v) is 5.25. The van der Waals surface area contributed by atoms with Crippen molar-refractivity contribution < 1.29 is 14.3 Å². The average Bonchev–Trinajstić information content (AvgIpc) is 2.94. The number of hydrogen-bond acceptors (Lipinski definition) is 3. The summed E-state index contributed by atoms with van der Waals surface area (Å²) in [4.78, 5) is 13.2. The van der Waals surface area contributed by atoms with Gasteiger partial charge in [-0.15, -0.1) is 0 Å². The molecule has 0 aromatic heterocycles. The zero-order chi connectivity index (χ0) is 16.7. The average molecular weight is 320 g/mol. The number of ketones is 1. The van der Waals surface area contributed by atoms with Gasteiger partial charge in [-0.3, -0.25) is 4.79 Å². The molecule has 3 atom stereocenters. The summed E-state index contributed by atoms with van der Waals surface area (Å²) in [5.41, 5.74) is 2.99. The molecule has 0 heterocycles. The molecule has 0 saturated heterocycles. The minimum atomic E-state index is -0.0617. The topological polar surface area (TPSA) is 35.5 Å². The molecule has 0 unspecified atom stereocenters. The van der Waals surface area contributed by atoms with Crippen molar-refractivity contribution in [3.05, 3.63) is 71.3 Å². The molecule has 0 saturated carbocycles. The zero-order valence-electron chi connectivity index (χ0n) is 13.9. The predicted molar refractivity (Wildman–Crippen MR) is 93.0 cm³/mol. The van der Waals surface area contributed by atoms with Crippen LogP contribution in [0.2, 0.25) is 0 Å². The quantitative estimate of drug-likeness (QED) is 0.789. The van der Waals surface area contributed by atoms with E-state index in [1.807, 2.05) is 24.3 Å². The summed E-state index contributed by atoms with van der Waals surface area (Å²) >= 11 is 0. The fourth-order valence-corrected chi connectivity index (χ4v) is 4.16. The van der Waals surface area contributed by atoms with E-state index in [-0.39, 0.29) is 23.5 Å². The van der Waals surface area contributed by atoms with Crippen LogP contribution in [0.5, 0.6) is 11.5 Å². The Hall–Kier alpha value is -2.55. The van der Waals surface area contributed by atoms with E-state index in [0.29, 0.717) is 5.75 Å². The van der Waals surface area contributed by atoms with Crippen molar-refractivity contribution in [2.45, 2.75) is 18.3 Å². The first kappa shape index (κ1) is 15.0. The van der Waals surface area contributed by atoms with Gasteiger partial charge in [0.25, 0.3) is 0 Å². The maximum Gasteiger partial charge on any atom is 0.171 e. The Labute approximate surface area is 141 Å². The summed E-state index contributed by atoms with van der Waals surface area (Å²) in [5.74, 6) is 1.79. The Balaban J connectivity index is 1.84. The Morgan fingerprint density at radius 1 is 1.04 bits per heavy atom. The van der Waals surface area contributed by atoms with Crippen LogP contribution in [0, 0.1) is 5.92 Å². The normalized spacial score (nSPS) is 24.4. The van der Waals surface area contributed by atoms with Crippen molar-refractivity contribution in [2.24, 2.45) is 5.92 Å². The van der Waals surface area contributed by atoms with Gasteiger partial charge in [0.2, 0.25) is 0 Å². The number of allylic oxidation sites excluding steroid dienone is 2. The zero-order valence-corrected chi connectivity index (χ0v) is 13.9. The SMILES string of the molecule is COc1cc(OC)c2c(c1)[C@@H]1CC=C[C@@H](c3ccccc3)[C@@H]1C2=O. The monoisotopic (exact) mass is 320 g/mol. The van der Waals surface area contributed by atoms with Gasteiger partial charge in [-0.25, -0.2) is 0 Å². The summed E-state index contributed by atoms with van der Waals surface area (Å²) in [6, 6.07) is 14.1. The molecule has 0 bridgehead atoms. The molecule has 0 spiro atoms. The lowest BCUT2D eigenvalue weighted by Crippen LogP contribution is -2.23. The van der Waals surface area contributed by atoms with Gasteiger partial charge in [0, 0.05) is 17.9 Å². The standard InChI is InChI=1S/C21H20O3/c1-23-14-11-17-16-10-6-9-15(13-7-4-3-5-8-13)19(16)21(22)20(17)18(12-14)24-2/h3-9,11-12,15-16,19H,10H2,1-2H3/t15-,16-,19-/m0/s1. The molecule has 4 rings (SSSR count). The number of rotatable bonds is 3. The van der Waals surface area contributed by atoms with Crippen molar-refractivity contribution in [2.75, 3.05) is 14.2 Å². The largest absolute Gasteiger partial charge is 0.497 e. The van der Waals surface area contributed by atoms with Crippen LogP contribution in [-0.4, -0.2) is 20.0 Å². The lowest BCUT2D eigenvalue weighted by atomic mass is 9.73. The summed E-state index contributed by atoms with van der Waals surface area (Å²) in [6.45, 7) is 0. The maximum atomic E-state index is 13.2. The highest BCUT2D eigenvalue weighted by Gasteiger charge is 2.46. The number of hydrogen-bond donors (Lipinski definition) is 0. The fraction of sp³-hybridized carbons (Fsp3) is 0.286. The maximum absolute atomic E-state index is 13.2. The van der Waals surface area contributed by atoms with Crippen LogP contribution in [0.15, 0.2) is 54.6 Å². The molecule has 2 aromatic carbocycles. The second-order valence-electron chi connectivity index (χ2n) is 6.39. The number of methoxy groups -OCH3 is 2. The van der Waals surface area contributed by atoms with Crippen molar-refractivity contribution in [1.82, 2.24) is 0 Å². The van der Waals surface area contributed by atoms with Crippen molar-refractivity contribution in [1.29, 1.82) is 0 Å². The van der Waals surface area contributed by atoms with Crippen molar-refractivity contribution in [3.63, 3.8) is 0 Å². The van der Waals surface area contributed by atoms with E-state index in [0.717, 1.165) is 23.3 Å². The highest BCUT2D eigenvalue weighted by atomic mass is 16.5. The van der Waals surface area contributed by atoms with Crippen molar-refractivity contribution >= 4 is 5.78 Å². The van der Waals surface area contributed by atoms with Gasteiger partial charge in [0.05, 0.1) is 19.8 Å². The van der Waals surface area contributed by atoms with E-state index in [9.17, 15) is 4.79 Å². The van der Waals surface area contributed by atoms with Gasteiger partial charge < -0.3 is 9.47 Å². The van der Waals surface area contributed by atoms with E-state index in [1.165, 1.54) is 5.56 Å².